The molecular formula is C14H10N4O2S. The van der Waals surface area contributed by atoms with Gasteiger partial charge in [-0.1, -0.05) is 0 Å². The minimum Gasteiger partial charge on any atom is -0.332 e. The number of nitro benzene ring substituents is 1. The number of nitrogens with one attached hydrogen (secondary N) is 1. The molecule has 104 valence electrons. The number of hydrogen-bond donors (Lipinski definition) is 1. The van der Waals surface area contributed by atoms with Gasteiger partial charge in [0.2, 0.25) is 0 Å². The fourth-order valence-corrected chi connectivity index (χ4v) is 2.51. The van der Waals surface area contributed by atoms with Crippen LogP contribution in [-0.4, -0.2) is 14.9 Å². The number of benzene rings is 1. The van der Waals surface area contributed by atoms with Crippen LogP contribution >= 0.6 is 11.3 Å². The first-order valence-electron chi connectivity index (χ1n) is 6.10. The van der Waals surface area contributed by atoms with Crippen molar-refractivity contribution in [1.29, 1.82) is 0 Å². The Kier molecular flexibility index (Phi) is 3.57. The van der Waals surface area contributed by atoms with E-state index in [4.69, 9.17) is 0 Å². The summed E-state index contributed by atoms with van der Waals surface area (Å²) >= 11 is 1.47. The Morgan fingerprint density at radius 1 is 1.19 bits per heavy atom. The molecular weight excluding hydrogens is 288 g/mol. The number of anilines is 2. The number of thiazole rings is 1. The Balaban J connectivity index is 1.77. The lowest BCUT2D eigenvalue weighted by molar-refractivity contribution is -0.384. The number of pyridine rings is 1. The van der Waals surface area contributed by atoms with Crippen molar-refractivity contribution in [3.8, 4) is 11.3 Å². The van der Waals surface area contributed by atoms with E-state index >= 15 is 0 Å². The largest absolute Gasteiger partial charge is 0.332 e. The van der Waals surface area contributed by atoms with E-state index in [1.807, 2.05) is 17.5 Å². The zero-order valence-corrected chi connectivity index (χ0v) is 11.6. The molecule has 0 saturated carbocycles. The van der Waals surface area contributed by atoms with Crippen molar-refractivity contribution < 1.29 is 4.92 Å². The van der Waals surface area contributed by atoms with Crippen molar-refractivity contribution in [3.05, 3.63) is 64.3 Å². The molecule has 0 unspecified atom stereocenters. The Morgan fingerprint density at radius 2 is 2.00 bits per heavy atom. The van der Waals surface area contributed by atoms with Gasteiger partial charge in [-0.05, 0) is 24.3 Å². The number of nitro groups is 1. The van der Waals surface area contributed by atoms with Crippen molar-refractivity contribution in [2.24, 2.45) is 0 Å². The molecule has 3 rings (SSSR count). The van der Waals surface area contributed by atoms with Crippen LogP contribution in [-0.2, 0) is 0 Å². The Labute approximate surface area is 124 Å². The molecule has 0 fully saturated rings. The second kappa shape index (κ2) is 5.68. The third-order valence-corrected chi connectivity index (χ3v) is 3.55. The number of aromatic nitrogens is 2. The van der Waals surface area contributed by atoms with Gasteiger partial charge in [0.25, 0.3) is 5.69 Å². The normalized spacial score (nSPS) is 10.3. The van der Waals surface area contributed by atoms with Crippen molar-refractivity contribution in [2.75, 3.05) is 5.32 Å². The minimum absolute atomic E-state index is 0.0655. The highest BCUT2D eigenvalue weighted by atomic mass is 32.1. The third kappa shape index (κ3) is 3.03. The van der Waals surface area contributed by atoms with Crippen LogP contribution in [0.15, 0.2) is 54.2 Å². The highest BCUT2D eigenvalue weighted by Crippen LogP contribution is 2.27. The summed E-state index contributed by atoms with van der Waals surface area (Å²) in [5, 5.41) is 16.4. The molecule has 0 atom stereocenters. The van der Waals surface area contributed by atoms with E-state index in [9.17, 15) is 10.1 Å². The molecule has 1 N–H and O–H groups in total. The van der Waals surface area contributed by atoms with Gasteiger partial charge in [-0.25, -0.2) is 4.98 Å². The second-order valence-electron chi connectivity index (χ2n) is 4.21. The zero-order valence-electron chi connectivity index (χ0n) is 10.8. The Morgan fingerprint density at radius 3 is 2.67 bits per heavy atom. The van der Waals surface area contributed by atoms with Crippen molar-refractivity contribution in [3.63, 3.8) is 0 Å². The maximum Gasteiger partial charge on any atom is 0.269 e. The van der Waals surface area contributed by atoms with Crippen molar-refractivity contribution in [2.45, 2.75) is 0 Å². The van der Waals surface area contributed by atoms with Gasteiger partial charge in [0.15, 0.2) is 5.13 Å². The van der Waals surface area contributed by atoms with Crippen LogP contribution in [0.3, 0.4) is 0 Å². The first-order chi connectivity index (χ1) is 10.2. The molecule has 21 heavy (non-hydrogen) atoms. The van der Waals surface area contributed by atoms with Gasteiger partial charge in [0.1, 0.15) is 0 Å². The van der Waals surface area contributed by atoms with E-state index in [0.717, 1.165) is 22.1 Å². The van der Waals surface area contributed by atoms with Gasteiger partial charge in [-0.15, -0.1) is 11.3 Å². The molecule has 6 nitrogen and oxygen atoms in total. The highest BCUT2D eigenvalue weighted by Gasteiger charge is 2.07. The molecule has 2 aromatic heterocycles. The third-order valence-electron chi connectivity index (χ3n) is 2.79. The van der Waals surface area contributed by atoms with E-state index < -0.39 is 4.92 Å². The van der Waals surface area contributed by atoms with Gasteiger partial charge in [0.05, 0.1) is 10.6 Å². The Hall–Kier alpha value is -2.80. The number of rotatable bonds is 4. The quantitative estimate of drug-likeness (QED) is 0.584. The summed E-state index contributed by atoms with van der Waals surface area (Å²) in [5.41, 5.74) is 2.62. The van der Waals surface area contributed by atoms with E-state index in [1.165, 1.54) is 23.5 Å². The fourth-order valence-electron chi connectivity index (χ4n) is 1.77. The SMILES string of the molecule is O=[N+]([O-])c1ccc(Nc2nc(-c3cccnc3)cs2)cc1. The van der Waals surface area contributed by atoms with Crippen LogP contribution in [0.25, 0.3) is 11.3 Å². The van der Waals surface area contributed by atoms with E-state index in [2.05, 4.69) is 15.3 Å². The summed E-state index contributed by atoms with van der Waals surface area (Å²) in [4.78, 5) is 18.7. The van der Waals surface area contributed by atoms with Gasteiger partial charge < -0.3 is 5.32 Å². The molecule has 2 heterocycles. The summed E-state index contributed by atoms with van der Waals surface area (Å²) < 4.78 is 0. The molecule has 0 aliphatic carbocycles. The number of hydrogen-bond acceptors (Lipinski definition) is 6. The van der Waals surface area contributed by atoms with Crippen LogP contribution < -0.4 is 5.32 Å². The fraction of sp³-hybridized carbons (Fsp3) is 0. The number of nitrogens with zero attached hydrogens (tertiary/aromatic N) is 3. The first-order valence-corrected chi connectivity index (χ1v) is 6.98. The lowest BCUT2D eigenvalue weighted by Crippen LogP contribution is -1.91. The molecule has 0 saturated heterocycles. The van der Waals surface area contributed by atoms with E-state index in [-0.39, 0.29) is 5.69 Å². The molecule has 0 spiro atoms. The monoisotopic (exact) mass is 298 g/mol. The number of non-ortho nitro benzene ring substituents is 1. The van der Waals surface area contributed by atoms with Gasteiger partial charge in [-0.3, -0.25) is 15.1 Å². The van der Waals surface area contributed by atoms with Crippen LogP contribution in [0.1, 0.15) is 0 Å². The summed E-state index contributed by atoms with van der Waals surface area (Å²) in [6.45, 7) is 0. The maximum absolute atomic E-state index is 10.6. The predicted molar refractivity (Wildman–Crippen MR) is 81.7 cm³/mol. The molecule has 3 aromatic rings. The standard InChI is InChI=1S/C14H10N4O2S/c19-18(20)12-5-3-11(4-6-12)16-14-17-13(9-21-14)10-2-1-7-15-8-10/h1-9H,(H,16,17). The first kappa shape index (κ1) is 13.2. The summed E-state index contributed by atoms with van der Waals surface area (Å²) in [7, 11) is 0. The highest BCUT2D eigenvalue weighted by molar-refractivity contribution is 7.14. The minimum atomic E-state index is -0.423. The van der Waals surface area contributed by atoms with E-state index in [0.29, 0.717) is 0 Å². The summed E-state index contributed by atoms with van der Waals surface area (Å²) in [6, 6.07) is 10.0. The maximum atomic E-state index is 10.6. The molecule has 0 aliphatic heterocycles. The van der Waals surface area contributed by atoms with Crippen molar-refractivity contribution in [1.82, 2.24) is 9.97 Å². The average Bonchev–Trinajstić information content (AvgIpc) is 2.97. The molecule has 0 radical (unpaired) electrons. The summed E-state index contributed by atoms with van der Waals surface area (Å²) in [6.07, 6.45) is 3.47. The molecule has 0 bridgehead atoms. The molecule has 7 heteroatoms. The molecule has 1 aromatic carbocycles. The molecule has 0 aliphatic rings. The van der Waals surface area contributed by atoms with Gasteiger partial charge >= 0.3 is 0 Å². The Bertz CT molecular complexity index is 756. The molecule has 0 amide bonds. The zero-order chi connectivity index (χ0) is 14.7. The van der Waals surface area contributed by atoms with Crippen molar-refractivity contribution >= 4 is 27.8 Å². The lowest BCUT2D eigenvalue weighted by Gasteiger charge is -2.01. The summed E-state index contributed by atoms with van der Waals surface area (Å²) in [5.74, 6) is 0. The topological polar surface area (TPSA) is 81.0 Å². The van der Waals surface area contributed by atoms with Crippen LogP contribution in [0.2, 0.25) is 0 Å². The van der Waals surface area contributed by atoms with Gasteiger partial charge in [-0.2, -0.15) is 0 Å². The van der Waals surface area contributed by atoms with E-state index in [1.54, 1.807) is 24.5 Å². The average molecular weight is 298 g/mol. The second-order valence-corrected chi connectivity index (χ2v) is 5.07. The van der Waals surface area contributed by atoms with Crippen LogP contribution in [0, 0.1) is 10.1 Å². The van der Waals surface area contributed by atoms with Gasteiger partial charge in [0, 0.05) is 41.2 Å². The smallest absolute Gasteiger partial charge is 0.269 e. The predicted octanol–water partition coefficient (Wildman–Crippen LogP) is 3.86. The van der Waals surface area contributed by atoms with Crippen LogP contribution in [0.5, 0.6) is 0 Å². The lowest BCUT2D eigenvalue weighted by atomic mass is 10.2. The van der Waals surface area contributed by atoms with Crippen LogP contribution in [0.4, 0.5) is 16.5 Å².